The molecule has 1 N–H and O–H groups in total. The second kappa shape index (κ2) is 5.33. The van der Waals surface area contributed by atoms with E-state index >= 15 is 0 Å². The average molecular weight is 237 g/mol. The molecule has 0 spiro atoms. The van der Waals surface area contributed by atoms with Crippen LogP contribution in [0.15, 0.2) is 12.1 Å². The highest BCUT2D eigenvalue weighted by Crippen LogP contribution is 2.40. The summed E-state index contributed by atoms with van der Waals surface area (Å²) in [7, 11) is 0. The van der Waals surface area contributed by atoms with Crippen LogP contribution in [0.25, 0.3) is 0 Å². The zero-order chi connectivity index (χ0) is 11.4. The number of hydrogen-bond donors (Lipinski definition) is 1. The average Bonchev–Trinajstić information content (AvgIpc) is 2.89. The van der Waals surface area contributed by atoms with Crippen molar-refractivity contribution in [2.24, 2.45) is 5.41 Å². The Kier molecular flexibility index (Phi) is 4.04. The van der Waals surface area contributed by atoms with Crippen molar-refractivity contribution >= 4 is 11.3 Å². The van der Waals surface area contributed by atoms with E-state index in [-0.39, 0.29) is 0 Å². The van der Waals surface area contributed by atoms with Crippen LogP contribution in [0.4, 0.5) is 0 Å². The van der Waals surface area contributed by atoms with Crippen molar-refractivity contribution in [1.82, 2.24) is 5.32 Å². The molecule has 2 rings (SSSR count). The first-order chi connectivity index (χ1) is 7.74. The van der Waals surface area contributed by atoms with E-state index in [0.717, 1.165) is 6.54 Å². The van der Waals surface area contributed by atoms with Crippen molar-refractivity contribution < 1.29 is 0 Å². The molecule has 2 heteroatoms. The number of rotatable bonds is 5. The summed E-state index contributed by atoms with van der Waals surface area (Å²) >= 11 is 1.91. The largest absolute Gasteiger partial charge is 0.311 e. The first-order valence-corrected chi connectivity index (χ1v) is 7.32. The van der Waals surface area contributed by atoms with E-state index in [1.54, 1.807) is 0 Å². The van der Waals surface area contributed by atoms with Crippen molar-refractivity contribution in [1.29, 1.82) is 0 Å². The van der Waals surface area contributed by atoms with Gasteiger partial charge in [0.05, 0.1) is 0 Å². The van der Waals surface area contributed by atoms with Gasteiger partial charge in [0.15, 0.2) is 0 Å². The third-order valence-corrected chi connectivity index (χ3v) is 5.01. The molecule has 0 saturated heterocycles. The van der Waals surface area contributed by atoms with E-state index in [1.165, 1.54) is 48.4 Å². The molecule has 0 bridgehead atoms. The number of hydrogen-bond acceptors (Lipinski definition) is 2. The highest BCUT2D eigenvalue weighted by atomic mass is 32.1. The molecule has 16 heavy (non-hydrogen) atoms. The SMILES string of the molecule is CCC1(CNCc2ccc(C)s2)CCCC1. The van der Waals surface area contributed by atoms with Crippen LogP contribution in [-0.4, -0.2) is 6.54 Å². The summed E-state index contributed by atoms with van der Waals surface area (Å²) in [5.74, 6) is 0. The Morgan fingerprint density at radius 3 is 2.62 bits per heavy atom. The van der Waals surface area contributed by atoms with Crippen molar-refractivity contribution in [3.05, 3.63) is 21.9 Å². The third-order valence-electron chi connectivity index (χ3n) is 4.01. The Bertz CT molecular complexity index is 323. The second-order valence-electron chi connectivity index (χ2n) is 5.18. The fraction of sp³-hybridized carbons (Fsp3) is 0.714. The lowest BCUT2D eigenvalue weighted by molar-refractivity contribution is 0.268. The molecular formula is C14H23NS. The van der Waals surface area contributed by atoms with Gasteiger partial charge in [0.2, 0.25) is 0 Å². The Balaban J connectivity index is 1.78. The summed E-state index contributed by atoms with van der Waals surface area (Å²) in [5.41, 5.74) is 0.617. The van der Waals surface area contributed by atoms with E-state index < -0.39 is 0 Å². The molecule has 1 fully saturated rings. The van der Waals surface area contributed by atoms with Gasteiger partial charge in [-0.15, -0.1) is 11.3 Å². The topological polar surface area (TPSA) is 12.0 Å². The first-order valence-electron chi connectivity index (χ1n) is 6.50. The summed E-state index contributed by atoms with van der Waals surface area (Å²) in [4.78, 5) is 2.89. The first kappa shape index (κ1) is 12.1. The maximum Gasteiger partial charge on any atom is 0.0300 e. The van der Waals surface area contributed by atoms with Crippen molar-refractivity contribution in [3.63, 3.8) is 0 Å². The van der Waals surface area contributed by atoms with Gasteiger partial charge in [0, 0.05) is 22.8 Å². The molecule has 1 saturated carbocycles. The predicted molar refractivity (Wildman–Crippen MR) is 72.0 cm³/mol. The van der Waals surface area contributed by atoms with Gasteiger partial charge in [-0.1, -0.05) is 19.8 Å². The van der Waals surface area contributed by atoms with Crippen LogP contribution >= 0.6 is 11.3 Å². The van der Waals surface area contributed by atoms with Crippen molar-refractivity contribution in [3.8, 4) is 0 Å². The summed E-state index contributed by atoms with van der Waals surface area (Å²) in [6, 6.07) is 4.47. The third kappa shape index (κ3) is 2.86. The summed E-state index contributed by atoms with van der Waals surface area (Å²) in [6.45, 7) is 6.79. The molecule has 0 aliphatic heterocycles. The molecule has 0 radical (unpaired) electrons. The van der Waals surface area contributed by atoms with Crippen LogP contribution in [0.2, 0.25) is 0 Å². The van der Waals surface area contributed by atoms with Gasteiger partial charge in [-0.3, -0.25) is 0 Å². The maximum absolute atomic E-state index is 3.66. The molecule has 1 aliphatic rings. The highest BCUT2D eigenvalue weighted by Gasteiger charge is 2.31. The van der Waals surface area contributed by atoms with E-state index in [2.05, 4.69) is 31.3 Å². The van der Waals surface area contributed by atoms with Crippen LogP contribution in [-0.2, 0) is 6.54 Å². The Morgan fingerprint density at radius 2 is 2.06 bits per heavy atom. The lowest BCUT2D eigenvalue weighted by atomic mass is 9.83. The molecule has 1 aliphatic carbocycles. The molecule has 0 aromatic carbocycles. The van der Waals surface area contributed by atoms with Gasteiger partial charge < -0.3 is 5.32 Å². The zero-order valence-corrected chi connectivity index (χ0v) is 11.3. The lowest BCUT2D eigenvalue weighted by Crippen LogP contribution is -2.31. The van der Waals surface area contributed by atoms with Crippen LogP contribution in [0, 0.1) is 12.3 Å². The van der Waals surface area contributed by atoms with Crippen molar-refractivity contribution in [2.75, 3.05) is 6.54 Å². The monoisotopic (exact) mass is 237 g/mol. The van der Waals surface area contributed by atoms with Gasteiger partial charge in [-0.2, -0.15) is 0 Å². The normalized spacial score (nSPS) is 19.1. The van der Waals surface area contributed by atoms with Gasteiger partial charge in [-0.05, 0) is 43.7 Å². The number of aryl methyl sites for hydroxylation is 1. The molecule has 0 unspecified atom stereocenters. The standard InChI is InChI=1S/C14H23NS/c1-3-14(8-4-5-9-14)11-15-10-13-7-6-12(2)16-13/h6-7,15H,3-5,8-11H2,1-2H3. The minimum absolute atomic E-state index is 0.617. The van der Waals surface area contributed by atoms with E-state index in [4.69, 9.17) is 0 Å². The Morgan fingerprint density at radius 1 is 1.31 bits per heavy atom. The van der Waals surface area contributed by atoms with E-state index in [9.17, 15) is 0 Å². The van der Waals surface area contributed by atoms with E-state index in [1.807, 2.05) is 11.3 Å². The molecule has 0 atom stereocenters. The molecule has 1 aromatic rings. The summed E-state index contributed by atoms with van der Waals surface area (Å²) in [5, 5.41) is 3.66. The lowest BCUT2D eigenvalue weighted by Gasteiger charge is -2.27. The zero-order valence-electron chi connectivity index (χ0n) is 10.5. The van der Waals surface area contributed by atoms with E-state index in [0.29, 0.717) is 5.41 Å². The summed E-state index contributed by atoms with van der Waals surface area (Å²) in [6.07, 6.45) is 7.07. The van der Waals surface area contributed by atoms with Gasteiger partial charge in [0.1, 0.15) is 0 Å². The number of thiophene rings is 1. The molecule has 1 nitrogen and oxygen atoms in total. The van der Waals surface area contributed by atoms with Crippen LogP contribution < -0.4 is 5.32 Å². The van der Waals surface area contributed by atoms with Crippen LogP contribution in [0.3, 0.4) is 0 Å². The summed E-state index contributed by atoms with van der Waals surface area (Å²) < 4.78 is 0. The smallest absolute Gasteiger partial charge is 0.0300 e. The van der Waals surface area contributed by atoms with Crippen molar-refractivity contribution in [2.45, 2.75) is 52.5 Å². The van der Waals surface area contributed by atoms with Gasteiger partial charge in [0.25, 0.3) is 0 Å². The molecule has 0 amide bonds. The maximum atomic E-state index is 3.66. The van der Waals surface area contributed by atoms with Gasteiger partial charge in [-0.25, -0.2) is 0 Å². The second-order valence-corrected chi connectivity index (χ2v) is 6.55. The minimum Gasteiger partial charge on any atom is -0.311 e. The quantitative estimate of drug-likeness (QED) is 0.812. The number of nitrogens with one attached hydrogen (secondary N) is 1. The minimum atomic E-state index is 0.617. The molecule has 90 valence electrons. The molecule has 1 aromatic heterocycles. The Hall–Kier alpha value is -0.340. The highest BCUT2D eigenvalue weighted by molar-refractivity contribution is 7.11. The van der Waals surface area contributed by atoms with Crippen LogP contribution in [0.1, 0.15) is 48.8 Å². The fourth-order valence-electron chi connectivity index (χ4n) is 2.81. The van der Waals surface area contributed by atoms with Crippen LogP contribution in [0.5, 0.6) is 0 Å². The Labute approximate surface area is 103 Å². The fourth-order valence-corrected chi connectivity index (χ4v) is 3.67. The molecular weight excluding hydrogens is 214 g/mol. The van der Waals surface area contributed by atoms with Gasteiger partial charge >= 0.3 is 0 Å². The molecule has 1 heterocycles. The predicted octanol–water partition coefficient (Wildman–Crippen LogP) is 4.12.